The standard InChI is InChI=1S/C22H14N4/c1-5-13-17(14-6-2-10-24-20(14)19(13)23-9-1)18-15-7-3-11-25-21(15)22-16(18)8-4-12-26-22/h1-12,17-18H. The van der Waals surface area contributed by atoms with Crippen molar-refractivity contribution in [1.82, 2.24) is 19.9 Å². The fourth-order valence-electron chi connectivity index (χ4n) is 4.52. The molecule has 0 bridgehead atoms. The van der Waals surface area contributed by atoms with Crippen LogP contribution in [0.5, 0.6) is 0 Å². The Morgan fingerprint density at radius 2 is 0.692 bits per heavy atom. The molecule has 0 aromatic carbocycles. The second-order valence-corrected chi connectivity index (χ2v) is 6.72. The molecular weight excluding hydrogens is 320 g/mol. The maximum absolute atomic E-state index is 4.64. The van der Waals surface area contributed by atoms with E-state index in [1.807, 2.05) is 49.1 Å². The van der Waals surface area contributed by atoms with E-state index in [4.69, 9.17) is 0 Å². The maximum atomic E-state index is 4.64. The summed E-state index contributed by atoms with van der Waals surface area (Å²) in [7, 11) is 0. The highest BCUT2D eigenvalue weighted by Crippen LogP contribution is 2.56. The molecule has 4 aromatic heterocycles. The predicted molar refractivity (Wildman–Crippen MR) is 98.6 cm³/mol. The van der Waals surface area contributed by atoms with E-state index >= 15 is 0 Å². The zero-order chi connectivity index (χ0) is 17.1. The first-order chi connectivity index (χ1) is 12.9. The van der Waals surface area contributed by atoms with Crippen molar-refractivity contribution in [3.63, 3.8) is 0 Å². The van der Waals surface area contributed by atoms with Crippen LogP contribution in [-0.4, -0.2) is 19.9 Å². The second-order valence-electron chi connectivity index (χ2n) is 6.72. The number of hydrogen-bond donors (Lipinski definition) is 0. The number of fused-ring (bicyclic) bond motifs is 6. The molecule has 0 atom stereocenters. The molecule has 0 unspecified atom stereocenters. The van der Waals surface area contributed by atoms with Crippen molar-refractivity contribution in [1.29, 1.82) is 0 Å². The van der Waals surface area contributed by atoms with Crippen LogP contribution in [0.1, 0.15) is 34.1 Å². The Morgan fingerprint density at radius 1 is 0.423 bits per heavy atom. The summed E-state index contributed by atoms with van der Waals surface area (Å²) in [4.78, 5) is 18.6. The van der Waals surface area contributed by atoms with Gasteiger partial charge in [-0.1, -0.05) is 24.3 Å². The van der Waals surface area contributed by atoms with Crippen LogP contribution in [-0.2, 0) is 0 Å². The van der Waals surface area contributed by atoms with Gasteiger partial charge in [-0.05, 0) is 46.5 Å². The van der Waals surface area contributed by atoms with Gasteiger partial charge < -0.3 is 0 Å². The lowest BCUT2D eigenvalue weighted by molar-refractivity contribution is 0.719. The highest BCUT2D eigenvalue weighted by Gasteiger charge is 2.42. The third-order valence-electron chi connectivity index (χ3n) is 5.48. The lowest BCUT2D eigenvalue weighted by atomic mass is 9.79. The van der Waals surface area contributed by atoms with Crippen molar-refractivity contribution < 1.29 is 0 Å². The van der Waals surface area contributed by atoms with Crippen molar-refractivity contribution in [3.8, 4) is 22.8 Å². The molecule has 0 amide bonds. The van der Waals surface area contributed by atoms with E-state index in [0.29, 0.717) is 0 Å². The number of pyridine rings is 4. The second kappa shape index (κ2) is 5.05. The first-order valence-corrected chi connectivity index (χ1v) is 8.74. The van der Waals surface area contributed by atoms with Crippen molar-refractivity contribution >= 4 is 0 Å². The lowest BCUT2D eigenvalue weighted by Crippen LogP contribution is -2.10. The molecule has 26 heavy (non-hydrogen) atoms. The van der Waals surface area contributed by atoms with E-state index in [-0.39, 0.29) is 11.8 Å². The highest BCUT2D eigenvalue weighted by molar-refractivity contribution is 5.79. The molecule has 0 aliphatic heterocycles. The van der Waals surface area contributed by atoms with E-state index < -0.39 is 0 Å². The third kappa shape index (κ3) is 1.68. The lowest BCUT2D eigenvalue weighted by Gasteiger charge is -2.22. The Morgan fingerprint density at radius 3 is 0.962 bits per heavy atom. The van der Waals surface area contributed by atoms with E-state index in [9.17, 15) is 0 Å². The minimum absolute atomic E-state index is 0.177. The summed E-state index contributed by atoms with van der Waals surface area (Å²) in [6.45, 7) is 0. The molecule has 0 fully saturated rings. The van der Waals surface area contributed by atoms with Crippen LogP contribution >= 0.6 is 0 Å². The van der Waals surface area contributed by atoms with E-state index in [0.717, 1.165) is 22.8 Å². The highest BCUT2D eigenvalue weighted by atomic mass is 14.8. The summed E-state index contributed by atoms with van der Waals surface area (Å²) in [5, 5.41) is 0. The maximum Gasteiger partial charge on any atom is 0.0927 e. The molecule has 0 saturated heterocycles. The first-order valence-electron chi connectivity index (χ1n) is 8.74. The van der Waals surface area contributed by atoms with Crippen LogP contribution < -0.4 is 0 Å². The number of rotatable bonds is 1. The molecule has 4 nitrogen and oxygen atoms in total. The Balaban J connectivity index is 1.67. The predicted octanol–water partition coefficient (Wildman–Crippen LogP) is 4.19. The van der Waals surface area contributed by atoms with E-state index in [1.165, 1.54) is 22.3 Å². The SMILES string of the molecule is c1cnc2c(c1)C(C1c3cccnc3-c3ncccc31)c1cccnc1-2. The normalized spacial score (nSPS) is 14.6. The molecular formula is C22H14N4. The van der Waals surface area contributed by atoms with Crippen molar-refractivity contribution in [2.24, 2.45) is 0 Å². The topological polar surface area (TPSA) is 51.6 Å². The van der Waals surface area contributed by atoms with Gasteiger partial charge in [0.05, 0.1) is 22.8 Å². The molecule has 4 heteroatoms. The number of aromatic nitrogens is 4. The van der Waals surface area contributed by atoms with Crippen LogP contribution in [0, 0.1) is 0 Å². The molecule has 122 valence electrons. The van der Waals surface area contributed by atoms with Gasteiger partial charge in [0.25, 0.3) is 0 Å². The number of nitrogens with zero attached hydrogens (tertiary/aromatic N) is 4. The largest absolute Gasteiger partial charge is 0.254 e. The summed E-state index contributed by atoms with van der Waals surface area (Å²) in [6.07, 6.45) is 7.39. The van der Waals surface area contributed by atoms with Crippen molar-refractivity contribution in [3.05, 3.63) is 95.6 Å². The molecule has 2 aliphatic carbocycles. The average Bonchev–Trinajstić information content (AvgIpc) is 3.21. The fraction of sp³-hybridized carbons (Fsp3) is 0.0909. The summed E-state index contributed by atoms with van der Waals surface area (Å²) >= 11 is 0. The van der Waals surface area contributed by atoms with Gasteiger partial charge in [-0.25, -0.2) is 0 Å². The minimum atomic E-state index is 0.177. The van der Waals surface area contributed by atoms with Gasteiger partial charge in [0, 0.05) is 36.6 Å². The summed E-state index contributed by atoms with van der Waals surface area (Å²) in [6, 6.07) is 16.8. The zero-order valence-electron chi connectivity index (χ0n) is 13.9. The smallest absolute Gasteiger partial charge is 0.0927 e. The molecule has 0 saturated carbocycles. The van der Waals surface area contributed by atoms with Crippen LogP contribution in [0.3, 0.4) is 0 Å². The third-order valence-corrected chi connectivity index (χ3v) is 5.48. The van der Waals surface area contributed by atoms with Crippen molar-refractivity contribution in [2.75, 3.05) is 0 Å². The van der Waals surface area contributed by atoms with Gasteiger partial charge in [-0.2, -0.15) is 0 Å². The van der Waals surface area contributed by atoms with Crippen LogP contribution in [0.2, 0.25) is 0 Å². The minimum Gasteiger partial charge on any atom is -0.254 e. The summed E-state index contributed by atoms with van der Waals surface area (Å²) in [5.74, 6) is 0.353. The first kappa shape index (κ1) is 13.8. The Hall–Kier alpha value is -3.40. The summed E-state index contributed by atoms with van der Waals surface area (Å²) < 4.78 is 0. The Labute approximate surface area is 150 Å². The Bertz CT molecular complexity index is 984. The quantitative estimate of drug-likeness (QED) is 0.524. The average molecular weight is 334 g/mol. The summed E-state index contributed by atoms with van der Waals surface area (Å²) in [5.41, 5.74) is 8.92. The van der Waals surface area contributed by atoms with Gasteiger partial charge in [0.2, 0.25) is 0 Å². The van der Waals surface area contributed by atoms with Gasteiger partial charge in [-0.15, -0.1) is 0 Å². The fourth-order valence-corrected chi connectivity index (χ4v) is 4.52. The van der Waals surface area contributed by atoms with Gasteiger partial charge in [-0.3, -0.25) is 19.9 Å². The van der Waals surface area contributed by atoms with Crippen molar-refractivity contribution in [2.45, 2.75) is 11.8 Å². The van der Waals surface area contributed by atoms with E-state index in [1.54, 1.807) is 0 Å². The molecule has 2 aliphatic rings. The number of hydrogen-bond acceptors (Lipinski definition) is 4. The molecule has 6 rings (SSSR count). The van der Waals surface area contributed by atoms with Crippen LogP contribution in [0.4, 0.5) is 0 Å². The van der Waals surface area contributed by atoms with Gasteiger partial charge >= 0.3 is 0 Å². The van der Waals surface area contributed by atoms with Crippen LogP contribution in [0.25, 0.3) is 22.8 Å². The monoisotopic (exact) mass is 334 g/mol. The van der Waals surface area contributed by atoms with Crippen LogP contribution in [0.15, 0.2) is 73.3 Å². The molecule has 0 radical (unpaired) electrons. The molecule has 0 spiro atoms. The molecule has 4 aromatic rings. The van der Waals surface area contributed by atoms with E-state index in [2.05, 4.69) is 44.2 Å². The van der Waals surface area contributed by atoms with Gasteiger partial charge in [0.1, 0.15) is 0 Å². The molecule has 4 heterocycles. The Kier molecular flexibility index (Phi) is 2.69. The molecule has 0 N–H and O–H groups in total. The zero-order valence-corrected chi connectivity index (χ0v) is 13.9. The van der Waals surface area contributed by atoms with Gasteiger partial charge in [0.15, 0.2) is 0 Å².